The summed E-state index contributed by atoms with van der Waals surface area (Å²) < 4.78 is 11.7. The van der Waals surface area contributed by atoms with Crippen LogP contribution in [0.2, 0.25) is 0 Å². The van der Waals surface area contributed by atoms with Crippen molar-refractivity contribution in [1.29, 1.82) is 0 Å². The zero-order chi connectivity index (χ0) is 21.5. The first-order chi connectivity index (χ1) is 14.8. The van der Waals surface area contributed by atoms with Gasteiger partial charge in [0.1, 0.15) is 0 Å². The summed E-state index contributed by atoms with van der Waals surface area (Å²) in [7, 11) is 0. The number of rotatable bonds is 18. The molecule has 1 rings (SSSR count). The van der Waals surface area contributed by atoms with Gasteiger partial charge in [0.25, 0.3) is 0 Å². The van der Waals surface area contributed by atoms with Crippen LogP contribution in [0, 0.1) is 0 Å². The third-order valence-corrected chi connectivity index (χ3v) is 6.56. The van der Waals surface area contributed by atoms with Gasteiger partial charge in [-0.1, -0.05) is 116 Å². The lowest BCUT2D eigenvalue weighted by molar-refractivity contribution is -0.0149. The fraction of sp³-hybridized carbons (Fsp3) is 1.00. The van der Waals surface area contributed by atoms with Gasteiger partial charge in [0, 0.05) is 13.2 Å². The number of hydrogen-bond acceptors (Lipinski definition) is 3. The number of aliphatic hydroxyl groups is 1. The van der Waals surface area contributed by atoms with Crippen LogP contribution in [0.1, 0.15) is 142 Å². The minimum atomic E-state index is -0.271. The van der Waals surface area contributed by atoms with E-state index in [4.69, 9.17) is 9.47 Å². The molecule has 0 bridgehead atoms. The van der Waals surface area contributed by atoms with Crippen molar-refractivity contribution in [1.82, 2.24) is 0 Å². The molecule has 1 heterocycles. The Labute approximate surface area is 188 Å². The fourth-order valence-corrected chi connectivity index (χ4v) is 4.48. The maximum atomic E-state index is 9.71. The highest BCUT2D eigenvalue weighted by molar-refractivity contribution is 4.63. The molecule has 0 spiro atoms. The summed E-state index contributed by atoms with van der Waals surface area (Å²) in [6.07, 6.45) is 27.9. The first kappa shape index (κ1) is 27.9. The molecule has 2 atom stereocenters. The molecule has 3 nitrogen and oxygen atoms in total. The van der Waals surface area contributed by atoms with E-state index >= 15 is 0 Å². The molecule has 3 heteroatoms. The molecule has 1 aliphatic heterocycles. The first-order valence-electron chi connectivity index (χ1n) is 13.7. The highest BCUT2D eigenvalue weighted by atomic mass is 16.5. The lowest BCUT2D eigenvalue weighted by Gasteiger charge is -2.21. The van der Waals surface area contributed by atoms with Gasteiger partial charge >= 0.3 is 0 Å². The van der Waals surface area contributed by atoms with Crippen molar-refractivity contribution in [3.05, 3.63) is 0 Å². The number of unbranched alkanes of at least 4 members (excludes halogenated alkanes) is 15. The van der Waals surface area contributed by atoms with Gasteiger partial charge in [0.15, 0.2) is 0 Å². The van der Waals surface area contributed by atoms with Crippen LogP contribution >= 0.6 is 0 Å². The van der Waals surface area contributed by atoms with Crippen molar-refractivity contribution < 1.29 is 14.6 Å². The van der Waals surface area contributed by atoms with Gasteiger partial charge in [-0.05, 0) is 25.7 Å². The van der Waals surface area contributed by atoms with Crippen molar-refractivity contribution in [2.75, 3.05) is 19.8 Å². The van der Waals surface area contributed by atoms with Gasteiger partial charge in [-0.25, -0.2) is 0 Å². The molecule has 0 amide bonds. The Kier molecular flexibility index (Phi) is 20.6. The van der Waals surface area contributed by atoms with E-state index in [1.807, 2.05) is 0 Å². The predicted octanol–water partition coefficient (Wildman–Crippen LogP) is 7.97. The molecular formula is C27H54O3. The lowest BCUT2D eigenvalue weighted by atomic mass is 10.0. The summed E-state index contributed by atoms with van der Waals surface area (Å²) in [4.78, 5) is 0. The van der Waals surface area contributed by atoms with E-state index in [9.17, 15) is 5.11 Å². The number of hydrogen-bond donors (Lipinski definition) is 1. The fourth-order valence-electron chi connectivity index (χ4n) is 4.48. The first-order valence-corrected chi connectivity index (χ1v) is 13.7. The van der Waals surface area contributed by atoms with E-state index in [1.54, 1.807) is 0 Å². The second-order valence-corrected chi connectivity index (χ2v) is 9.60. The van der Waals surface area contributed by atoms with Crippen LogP contribution < -0.4 is 0 Å². The Hall–Kier alpha value is -0.120. The monoisotopic (exact) mass is 426 g/mol. The standard InChI is InChI=1S/C27H54O3/c1-2-3-4-5-6-7-8-9-10-11-12-13-14-15-16-19-23-30-27-21-18-17-20-26(28)25-29-24-22-27/h26-28H,2-25H2,1H3. The molecular weight excluding hydrogens is 372 g/mol. The highest BCUT2D eigenvalue weighted by Gasteiger charge is 2.13. The van der Waals surface area contributed by atoms with Crippen molar-refractivity contribution in [3.63, 3.8) is 0 Å². The normalized spacial score (nSPS) is 21.0. The summed E-state index contributed by atoms with van der Waals surface area (Å²) in [5.41, 5.74) is 0. The van der Waals surface area contributed by atoms with E-state index < -0.39 is 0 Å². The molecule has 0 aromatic rings. The minimum absolute atomic E-state index is 0.271. The van der Waals surface area contributed by atoms with Crippen molar-refractivity contribution in [2.45, 2.75) is 154 Å². The number of aliphatic hydroxyl groups excluding tert-OH is 1. The van der Waals surface area contributed by atoms with Gasteiger partial charge in [0.2, 0.25) is 0 Å². The van der Waals surface area contributed by atoms with Crippen LogP contribution in [0.5, 0.6) is 0 Å². The maximum absolute atomic E-state index is 9.71. The molecule has 0 radical (unpaired) electrons. The predicted molar refractivity (Wildman–Crippen MR) is 129 cm³/mol. The molecule has 30 heavy (non-hydrogen) atoms. The van der Waals surface area contributed by atoms with Crippen LogP contribution in [0.4, 0.5) is 0 Å². The van der Waals surface area contributed by atoms with Crippen LogP contribution in [0.25, 0.3) is 0 Å². The zero-order valence-electron chi connectivity index (χ0n) is 20.4. The van der Waals surface area contributed by atoms with Crippen molar-refractivity contribution >= 4 is 0 Å². The molecule has 0 aliphatic carbocycles. The largest absolute Gasteiger partial charge is 0.391 e. The summed E-state index contributed by atoms with van der Waals surface area (Å²) in [6, 6.07) is 0. The molecule has 1 aliphatic rings. The van der Waals surface area contributed by atoms with Gasteiger partial charge in [-0.2, -0.15) is 0 Å². The summed E-state index contributed by atoms with van der Waals surface area (Å²) in [5, 5.41) is 9.71. The molecule has 1 fully saturated rings. The van der Waals surface area contributed by atoms with Crippen LogP contribution in [-0.2, 0) is 9.47 Å². The van der Waals surface area contributed by atoms with Crippen molar-refractivity contribution in [2.24, 2.45) is 0 Å². The number of ether oxygens (including phenoxy) is 2. The summed E-state index contributed by atoms with van der Waals surface area (Å²) >= 11 is 0. The van der Waals surface area contributed by atoms with E-state index in [1.165, 1.54) is 109 Å². The Morgan fingerprint density at radius 1 is 0.667 bits per heavy atom. The summed E-state index contributed by atoms with van der Waals surface area (Å²) in [6.45, 7) is 4.42. The molecule has 0 aromatic carbocycles. The summed E-state index contributed by atoms with van der Waals surface area (Å²) in [5.74, 6) is 0. The minimum Gasteiger partial charge on any atom is -0.391 e. The quantitative estimate of drug-likeness (QED) is 0.226. The van der Waals surface area contributed by atoms with Crippen LogP contribution in [-0.4, -0.2) is 37.1 Å². The van der Waals surface area contributed by atoms with Gasteiger partial charge in [0.05, 0.1) is 18.8 Å². The maximum Gasteiger partial charge on any atom is 0.0773 e. The van der Waals surface area contributed by atoms with Crippen LogP contribution in [0.15, 0.2) is 0 Å². The average molecular weight is 427 g/mol. The Bertz CT molecular complexity index is 322. The molecule has 1 N–H and O–H groups in total. The second-order valence-electron chi connectivity index (χ2n) is 9.60. The highest BCUT2D eigenvalue weighted by Crippen LogP contribution is 2.16. The molecule has 0 saturated carbocycles. The van der Waals surface area contributed by atoms with E-state index in [2.05, 4.69) is 6.92 Å². The Morgan fingerprint density at radius 3 is 1.73 bits per heavy atom. The Balaban J connectivity index is 1.78. The lowest BCUT2D eigenvalue weighted by Crippen LogP contribution is -2.22. The average Bonchev–Trinajstić information content (AvgIpc) is 2.75. The zero-order valence-corrected chi connectivity index (χ0v) is 20.4. The Morgan fingerprint density at radius 2 is 1.17 bits per heavy atom. The van der Waals surface area contributed by atoms with E-state index in [-0.39, 0.29) is 6.10 Å². The third kappa shape index (κ3) is 18.6. The molecule has 1 saturated heterocycles. The smallest absolute Gasteiger partial charge is 0.0773 e. The van der Waals surface area contributed by atoms with Gasteiger partial charge in [-0.3, -0.25) is 0 Å². The van der Waals surface area contributed by atoms with E-state index in [0.717, 1.165) is 38.9 Å². The van der Waals surface area contributed by atoms with E-state index in [0.29, 0.717) is 12.7 Å². The van der Waals surface area contributed by atoms with Crippen LogP contribution in [0.3, 0.4) is 0 Å². The third-order valence-electron chi connectivity index (χ3n) is 6.56. The molecule has 0 aromatic heterocycles. The molecule has 2 unspecified atom stereocenters. The SMILES string of the molecule is CCCCCCCCCCCCCCCCCCOC1CCCCC(O)COCC1. The topological polar surface area (TPSA) is 38.7 Å². The van der Waals surface area contributed by atoms with Gasteiger partial charge in [-0.15, -0.1) is 0 Å². The second kappa shape index (κ2) is 22.1. The van der Waals surface area contributed by atoms with Crippen molar-refractivity contribution in [3.8, 4) is 0 Å². The molecule has 180 valence electrons. The van der Waals surface area contributed by atoms with Gasteiger partial charge < -0.3 is 14.6 Å².